The Bertz CT molecular complexity index is 587. The predicted octanol–water partition coefficient (Wildman–Crippen LogP) is 2.79. The van der Waals surface area contributed by atoms with Crippen LogP contribution in [0.4, 0.5) is 0 Å². The van der Waals surface area contributed by atoms with E-state index in [0.717, 1.165) is 24.0 Å². The summed E-state index contributed by atoms with van der Waals surface area (Å²) in [5, 5.41) is 20.1. The lowest BCUT2D eigenvalue weighted by Crippen LogP contribution is -2.44. The van der Waals surface area contributed by atoms with E-state index in [9.17, 15) is 5.11 Å². The fraction of sp³-hybridized carbons (Fsp3) is 0.444. The Hall–Kier alpha value is -1.56. The average molecular weight is 270 g/mol. The van der Waals surface area contributed by atoms with Crippen molar-refractivity contribution in [1.82, 2.24) is 0 Å². The third kappa shape index (κ3) is 2.52. The van der Waals surface area contributed by atoms with Gasteiger partial charge in [0.1, 0.15) is 0 Å². The summed E-state index contributed by atoms with van der Waals surface area (Å²) in [7, 11) is 0. The molecule has 1 atom stereocenters. The first-order chi connectivity index (χ1) is 9.40. The van der Waals surface area contributed by atoms with Gasteiger partial charge in [0, 0.05) is 5.41 Å². The summed E-state index contributed by atoms with van der Waals surface area (Å²) < 4.78 is 0. The van der Waals surface area contributed by atoms with Crippen LogP contribution in [0.5, 0.6) is 0 Å². The van der Waals surface area contributed by atoms with E-state index in [2.05, 4.69) is 31.8 Å². The second-order valence-electron chi connectivity index (χ2n) is 6.07. The molecule has 0 spiro atoms. The minimum atomic E-state index is -1.15. The van der Waals surface area contributed by atoms with Gasteiger partial charge in [-0.1, -0.05) is 50.0 Å². The number of hydrogen-bond donors (Lipinski definition) is 2. The van der Waals surface area contributed by atoms with Crippen LogP contribution in [0.1, 0.15) is 38.3 Å². The molecule has 0 unspecified atom stereocenters. The normalized spacial score (nSPS) is 24.6. The Balaban J connectivity index is 2.53. The largest absolute Gasteiger partial charge is 0.392 e. The number of allylic oxidation sites excluding steroid dienone is 1. The summed E-state index contributed by atoms with van der Waals surface area (Å²) >= 11 is 0. The van der Waals surface area contributed by atoms with Gasteiger partial charge in [-0.25, -0.2) is 0 Å². The van der Waals surface area contributed by atoms with Crippen LogP contribution in [0.15, 0.2) is 35.9 Å². The van der Waals surface area contributed by atoms with Gasteiger partial charge in [-0.05, 0) is 42.5 Å². The van der Waals surface area contributed by atoms with E-state index in [1.165, 1.54) is 5.56 Å². The second-order valence-corrected chi connectivity index (χ2v) is 6.07. The number of aliphatic hydroxyl groups is 2. The first kappa shape index (κ1) is 14.8. The van der Waals surface area contributed by atoms with Gasteiger partial charge in [-0.3, -0.25) is 0 Å². The molecule has 0 saturated heterocycles. The van der Waals surface area contributed by atoms with Gasteiger partial charge in [0.2, 0.25) is 0 Å². The smallest absolute Gasteiger partial charge is 0.156 e. The highest BCUT2D eigenvalue weighted by Crippen LogP contribution is 2.47. The number of aryl methyl sites for hydroxylation is 1. The van der Waals surface area contributed by atoms with Gasteiger partial charge >= 0.3 is 0 Å². The molecular formula is C18H22O2. The van der Waals surface area contributed by atoms with Crippen molar-refractivity contribution in [3.05, 3.63) is 47.0 Å². The minimum Gasteiger partial charge on any atom is -0.392 e. The molecule has 0 bridgehead atoms. The van der Waals surface area contributed by atoms with E-state index in [0.29, 0.717) is 0 Å². The molecule has 106 valence electrons. The number of aliphatic hydroxyl groups excluding tert-OH is 1. The van der Waals surface area contributed by atoms with Crippen LogP contribution in [0.25, 0.3) is 0 Å². The number of hydrogen-bond acceptors (Lipinski definition) is 2. The van der Waals surface area contributed by atoms with Crippen molar-refractivity contribution < 1.29 is 10.2 Å². The molecule has 0 aromatic heterocycles. The van der Waals surface area contributed by atoms with E-state index in [1.807, 2.05) is 25.1 Å². The lowest BCUT2D eigenvalue weighted by molar-refractivity contribution is -0.0337. The van der Waals surface area contributed by atoms with Crippen molar-refractivity contribution in [2.45, 2.75) is 39.2 Å². The lowest BCUT2D eigenvalue weighted by Gasteiger charge is -2.44. The monoisotopic (exact) mass is 270 g/mol. The quantitative estimate of drug-likeness (QED) is 0.770. The van der Waals surface area contributed by atoms with Gasteiger partial charge in [0.05, 0.1) is 6.61 Å². The Kier molecular flexibility index (Phi) is 4.04. The molecular weight excluding hydrogens is 248 g/mol. The van der Waals surface area contributed by atoms with Crippen LogP contribution in [0.2, 0.25) is 0 Å². The zero-order chi connectivity index (χ0) is 14.8. The maximum Gasteiger partial charge on any atom is 0.156 e. The van der Waals surface area contributed by atoms with E-state index < -0.39 is 5.60 Å². The van der Waals surface area contributed by atoms with Gasteiger partial charge in [0.25, 0.3) is 0 Å². The molecule has 1 aliphatic rings. The van der Waals surface area contributed by atoms with Crippen LogP contribution >= 0.6 is 0 Å². The van der Waals surface area contributed by atoms with Gasteiger partial charge in [0.15, 0.2) is 5.60 Å². The van der Waals surface area contributed by atoms with Crippen molar-refractivity contribution in [3.8, 4) is 11.8 Å². The van der Waals surface area contributed by atoms with Crippen LogP contribution < -0.4 is 0 Å². The van der Waals surface area contributed by atoms with Gasteiger partial charge < -0.3 is 10.2 Å². The molecule has 0 heterocycles. The molecule has 1 aliphatic carbocycles. The highest BCUT2D eigenvalue weighted by Gasteiger charge is 2.47. The molecule has 2 rings (SSSR count). The molecule has 2 N–H and O–H groups in total. The van der Waals surface area contributed by atoms with Crippen LogP contribution in [-0.2, 0) is 12.0 Å². The maximum absolute atomic E-state index is 11.2. The van der Waals surface area contributed by atoms with E-state index in [1.54, 1.807) is 6.08 Å². The van der Waals surface area contributed by atoms with Crippen molar-refractivity contribution >= 4 is 0 Å². The Morgan fingerprint density at radius 1 is 1.35 bits per heavy atom. The number of fused-ring (bicyclic) bond motifs is 1. The Morgan fingerprint density at radius 2 is 2.05 bits per heavy atom. The summed E-state index contributed by atoms with van der Waals surface area (Å²) in [5.41, 5.74) is 1.42. The van der Waals surface area contributed by atoms with Crippen molar-refractivity contribution in [2.24, 2.45) is 5.41 Å². The zero-order valence-electron chi connectivity index (χ0n) is 12.4. The standard InChI is InChI=1S/C18H22O2/c1-14(10-13-19)8-12-18(20)16-7-5-4-6-15(16)9-11-17(18,2)3/h4-7,10,19-20H,9,11,13H2,1-3H3/b14-10-/t18-/m1/s1. The number of rotatable bonds is 1. The minimum absolute atomic E-state index is 0.0288. The molecule has 0 fully saturated rings. The predicted molar refractivity (Wildman–Crippen MR) is 81.1 cm³/mol. The average Bonchev–Trinajstić information content (AvgIpc) is 2.42. The molecule has 2 nitrogen and oxygen atoms in total. The first-order valence-electron chi connectivity index (χ1n) is 7.02. The third-order valence-corrected chi connectivity index (χ3v) is 4.24. The summed E-state index contributed by atoms with van der Waals surface area (Å²) in [5.74, 6) is 6.05. The molecule has 20 heavy (non-hydrogen) atoms. The topological polar surface area (TPSA) is 40.5 Å². The molecule has 0 radical (unpaired) electrons. The molecule has 0 saturated carbocycles. The van der Waals surface area contributed by atoms with Crippen molar-refractivity contribution in [1.29, 1.82) is 0 Å². The number of benzene rings is 1. The lowest BCUT2D eigenvalue weighted by atomic mass is 9.63. The highest BCUT2D eigenvalue weighted by atomic mass is 16.3. The molecule has 1 aromatic rings. The molecule has 0 amide bonds. The first-order valence-corrected chi connectivity index (χ1v) is 7.02. The fourth-order valence-electron chi connectivity index (χ4n) is 2.70. The Labute approximate surface area is 121 Å². The summed E-state index contributed by atoms with van der Waals surface area (Å²) in [6.45, 7) is 5.93. The maximum atomic E-state index is 11.2. The van der Waals surface area contributed by atoms with Crippen LogP contribution in [0.3, 0.4) is 0 Å². The van der Waals surface area contributed by atoms with Crippen LogP contribution in [0, 0.1) is 17.3 Å². The summed E-state index contributed by atoms with van der Waals surface area (Å²) in [6.07, 6.45) is 3.52. The van der Waals surface area contributed by atoms with Gasteiger partial charge in [-0.2, -0.15) is 0 Å². The van der Waals surface area contributed by atoms with E-state index in [-0.39, 0.29) is 12.0 Å². The van der Waals surface area contributed by atoms with Crippen molar-refractivity contribution in [3.63, 3.8) is 0 Å². The van der Waals surface area contributed by atoms with Crippen molar-refractivity contribution in [2.75, 3.05) is 6.61 Å². The summed E-state index contributed by atoms with van der Waals surface area (Å²) in [4.78, 5) is 0. The SMILES string of the molecule is C/C(C#C[C@@]1(O)c2ccccc2CCC1(C)C)=C/CO. The summed E-state index contributed by atoms with van der Waals surface area (Å²) in [6, 6.07) is 7.98. The molecule has 1 aromatic carbocycles. The zero-order valence-corrected chi connectivity index (χ0v) is 12.4. The Morgan fingerprint density at radius 3 is 2.75 bits per heavy atom. The molecule has 2 heteroatoms. The van der Waals surface area contributed by atoms with E-state index >= 15 is 0 Å². The van der Waals surface area contributed by atoms with E-state index in [4.69, 9.17) is 5.11 Å². The second kappa shape index (κ2) is 5.44. The fourth-order valence-corrected chi connectivity index (χ4v) is 2.70. The van der Waals surface area contributed by atoms with Crippen LogP contribution in [-0.4, -0.2) is 16.8 Å². The third-order valence-electron chi connectivity index (χ3n) is 4.24. The molecule has 0 aliphatic heterocycles. The van der Waals surface area contributed by atoms with Gasteiger partial charge in [-0.15, -0.1) is 0 Å². The highest BCUT2D eigenvalue weighted by molar-refractivity contribution is 5.45.